The predicted molar refractivity (Wildman–Crippen MR) is 91.7 cm³/mol. The summed E-state index contributed by atoms with van der Waals surface area (Å²) in [4.78, 5) is 12.3. The molecule has 0 saturated heterocycles. The summed E-state index contributed by atoms with van der Waals surface area (Å²) in [5.74, 6) is 0.723. The van der Waals surface area contributed by atoms with Gasteiger partial charge in [0.05, 0.1) is 18.2 Å². The molecule has 3 aromatic rings. The molecule has 0 aliphatic heterocycles. The number of nitrogens with one attached hydrogen (secondary N) is 1. The Balaban J connectivity index is 1.63. The second kappa shape index (κ2) is 7.12. The van der Waals surface area contributed by atoms with E-state index in [2.05, 4.69) is 15.6 Å². The van der Waals surface area contributed by atoms with Gasteiger partial charge in [0.1, 0.15) is 17.8 Å². The number of fused-ring (bicyclic) bond motifs is 1. The number of carbonyl (C=O) groups is 1. The molecule has 124 valence electrons. The summed E-state index contributed by atoms with van der Waals surface area (Å²) in [6, 6.07) is 15.2. The summed E-state index contributed by atoms with van der Waals surface area (Å²) in [6.07, 6.45) is 0. The van der Waals surface area contributed by atoms with Crippen LogP contribution in [0.5, 0.6) is 5.75 Å². The van der Waals surface area contributed by atoms with Gasteiger partial charge < -0.3 is 10.1 Å². The van der Waals surface area contributed by atoms with E-state index < -0.39 is 0 Å². The topological polar surface area (TPSA) is 69.0 Å². The highest BCUT2D eigenvalue weighted by Crippen LogP contribution is 2.17. The zero-order valence-electron chi connectivity index (χ0n) is 13.8. The second-order valence-corrected chi connectivity index (χ2v) is 5.53. The molecule has 0 radical (unpaired) electrons. The molecule has 1 heterocycles. The average Bonchev–Trinajstić information content (AvgIpc) is 2.99. The zero-order chi connectivity index (χ0) is 16.9. The standard InChI is InChI=1S/C18H20N4O2/c1-3-24-15-10-8-14(9-11-15)13(2)19-18(23)12-22-17-7-5-4-6-16(17)20-21-22/h4-11,13H,3,12H2,1-2H3,(H,19,23). The van der Waals surface area contributed by atoms with Crippen LogP contribution in [0.15, 0.2) is 48.5 Å². The van der Waals surface area contributed by atoms with E-state index in [0.717, 1.165) is 22.3 Å². The SMILES string of the molecule is CCOc1ccc(C(C)NC(=O)Cn2nnc3ccccc32)cc1. The van der Waals surface area contributed by atoms with Gasteiger partial charge in [-0.25, -0.2) is 4.68 Å². The van der Waals surface area contributed by atoms with Gasteiger partial charge in [0, 0.05) is 0 Å². The molecule has 1 unspecified atom stereocenters. The normalized spacial score (nSPS) is 12.1. The number of para-hydroxylation sites is 1. The van der Waals surface area contributed by atoms with Crippen LogP contribution >= 0.6 is 0 Å². The van der Waals surface area contributed by atoms with Gasteiger partial charge in [-0.05, 0) is 43.7 Å². The van der Waals surface area contributed by atoms with E-state index in [9.17, 15) is 4.79 Å². The molecule has 0 aliphatic rings. The van der Waals surface area contributed by atoms with Gasteiger partial charge >= 0.3 is 0 Å². The smallest absolute Gasteiger partial charge is 0.242 e. The van der Waals surface area contributed by atoms with Crippen LogP contribution in [0.4, 0.5) is 0 Å². The van der Waals surface area contributed by atoms with Crippen LogP contribution in [0.2, 0.25) is 0 Å². The third-order valence-electron chi connectivity index (χ3n) is 3.78. The first-order valence-electron chi connectivity index (χ1n) is 7.97. The number of ether oxygens (including phenoxy) is 1. The van der Waals surface area contributed by atoms with Gasteiger partial charge in [0.25, 0.3) is 0 Å². The molecule has 6 heteroatoms. The maximum absolute atomic E-state index is 12.3. The first-order chi connectivity index (χ1) is 11.7. The Kier molecular flexibility index (Phi) is 4.74. The highest BCUT2D eigenvalue weighted by molar-refractivity contribution is 5.80. The Morgan fingerprint density at radius 1 is 1.21 bits per heavy atom. The Hall–Kier alpha value is -2.89. The minimum atomic E-state index is -0.105. The van der Waals surface area contributed by atoms with Gasteiger partial charge in [0.2, 0.25) is 5.91 Å². The molecule has 6 nitrogen and oxygen atoms in total. The molecule has 1 atom stereocenters. The fourth-order valence-corrected chi connectivity index (χ4v) is 2.56. The molecule has 1 N–H and O–H groups in total. The zero-order valence-corrected chi connectivity index (χ0v) is 13.8. The quantitative estimate of drug-likeness (QED) is 0.757. The molecule has 0 bridgehead atoms. The number of hydrogen-bond donors (Lipinski definition) is 1. The highest BCUT2D eigenvalue weighted by atomic mass is 16.5. The minimum absolute atomic E-state index is 0.0945. The van der Waals surface area contributed by atoms with Crippen molar-refractivity contribution in [3.8, 4) is 5.75 Å². The molecule has 0 spiro atoms. The summed E-state index contributed by atoms with van der Waals surface area (Å²) < 4.78 is 7.03. The van der Waals surface area contributed by atoms with Crippen molar-refractivity contribution in [2.24, 2.45) is 0 Å². The molecule has 24 heavy (non-hydrogen) atoms. The van der Waals surface area contributed by atoms with E-state index >= 15 is 0 Å². The summed E-state index contributed by atoms with van der Waals surface area (Å²) in [7, 11) is 0. The lowest BCUT2D eigenvalue weighted by molar-refractivity contribution is -0.122. The van der Waals surface area contributed by atoms with Crippen molar-refractivity contribution in [3.63, 3.8) is 0 Å². The van der Waals surface area contributed by atoms with E-state index in [0.29, 0.717) is 6.61 Å². The fraction of sp³-hybridized carbons (Fsp3) is 0.278. The first kappa shape index (κ1) is 16.0. The number of amides is 1. The van der Waals surface area contributed by atoms with E-state index in [4.69, 9.17) is 4.74 Å². The molecule has 2 aromatic carbocycles. The van der Waals surface area contributed by atoms with Gasteiger partial charge in [0.15, 0.2) is 0 Å². The molecule has 0 aliphatic carbocycles. The number of hydrogen-bond acceptors (Lipinski definition) is 4. The van der Waals surface area contributed by atoms with Crippen LogP contribution in [0.25, 0.3) is 11.0 Å². The highest BCUT2D eigenvalue weighted by Gasteiger charge is 2.12. The molecule has 1 aromatic heterocycles. The van der Waals surface area contributed by atoms with E-state index in [1.54, 1.807) is 4.68 Å². The van der Waals surface area contributed by atoms with Gasteiger partial charge in [-0.15, -0.1) is 5.10 Å². The molecular formula is C18H20N4O2. The number of benzene rings is 2. The summed E-state index contributed by atoms with van der Waals surface area (Å²) in [5, 5.41) is 11.1. The summed E-state index contributed by atoms with van der Waals surface area (Å²) >= 11 is 0. The van der Waals surface area contributed by atoms with Gasteiger partial charge in [-0.3, -0.25) is 4.79 Å². The van der Waals surface area contributed by atoms with Crippen molar-refractivity contribution in [3.05, 3.63) is 54.1 Å². The minimum Gasteiger partial charge on any atom is -0.494 e. The molecule has 0 fully saturated rings. The Labute approximate surface area is 140 Å². The Morgan fingerprint density at radius 2 is 1.96 bits per heavy atom. The lowest BCUT2D eigenvalue weighted by Crippen LogP contribution is -2.30. The average molecular weight is 324 g/mol. The van der Waals surface area contributed by atoms with Crippen LogP contribution in [0, 0.1) is 0 Å². The van der Waals surface area contributed by atoms with Crippen LogP contribution in [0.1, 0.15) is 25.5 Å². The molecule has 0 saturated carbocycles. The lowest BCUT2D eigenvalue weighted by atomic mass is 10.1. The van der Waals surface area contributed by atoms with Crippen LogP contribution < -0.4 is 10.1 Å². The third-order valence-corrected chi connectivity index (χ3v) is 3.78. The van der Waals surface area contributed by atoms with Crippen molar-refractivity contribution in [1.82, 2.24) is 20.3 Å². The van der Waals surface area contributed by atoms with Crippen LogP contribution in [-0.2, 0) is 11.3 Å². The van der Waals surface area contributed by atoms with E-state index in [1.807, 2.05) is 62.4 Å². The van der Waals surface area contributed by atoms with Crippen molar-refractivity contribution in [2.75, 3.05) is 6.61 Å². The van der Waals surface area contributed by atoms with Crippen LogP contribution in [0.3, 0.4) is 0 Å². The monoisotopic (exact) mass is 324 g/mol. The second-order valence-electron chi connectivity index (χ2n) is 5.53. The van der Waals surface area contributed by atoms with Crippen molar-refractivity contribution in [1.29, 1.82) is 0 Å². The van der Waals surface area contributed by atoms with Crippen molar-refractivity contribution < 1.29 is 9.53 Å². The number of carbonyl (C=O) groups excluding carboxylic acids is 1. The fourth-order valence-electron chi connectivity index (χ4n) is 2.56. The summed E-state index contributed by atoms with van der Waals surface area (Å²) in [6.45, 7) is 4.68. The van der Waals surface area contributed by atoms with Gasteiger partial charge in [-0.2, -0.15) is 0 Å². The number of rotatable bonds is 6. The lowest BCUT2D eigenvalue weighted by Gasteiger charge is -2.15. The maximum Gasteiger partial charge on any atom is 0.242 e. The Morgan fingerprint density at radius 3 is 2.71 bits per heavy atom. The van der Waals surface area contributed by atoms with Crippen LogP contribution in [-0.4, -0.2) is 27.5 Å². The maximum atomic E-state index is 12.3. The van der Waals surface area contributed by atoms with E-state index in [-0.39, 0.29) is 18.5 Å². The third kappa shape index (κ3) is 3.53. The first-order valence-corrected chi connectivity index (χ1v) is 7.97. The molecule has 1 amide bonds. The van der Waals surface area contributed by atoms with Gasteiger partial charge in [-0.1, -0.05) is 29.5 Å². The largest absolute Gasteiger partial charge is 0.494 e. The van der Waals surface area contributed by atoms with Crippen molar-refractivity contribution >= 4 is 16.9 Å². The Bertz CT molecular complexity index is 826. The number of nitrogens with zero attached hydrogens (tertiary/aromatic N) is 3. The van der Waals surface area contributed by atoms with E-state index in [1.165, 1.54) is 0 Å². The molecular weight excluding hydrogens is 304 g/mol. The number of aromatic nitrogens is 3. The van der Waals surface area contributed by atoms with Crippen molar-refractivity contribution in [2.45, 2.75) is 26.4 Å². The molecule has 3 rings (SSSR count). The predicted octanol–water partition coefficient (Wildman–Crippen LogP) is 2.71. The summed E-state index contributed by atoms with van der Waals surface area (Å²) in [5.41, 5.74) is 2.65.